The van der Waals surface area contributed by atoms with Gasteiger partial charge in [-0.3, -0.25) is 4.79 Å². The molecule has 0 radical (unpaired) electrons. The average Bonchev–Trinajstić information content (AvgIpc) is 2.04. The molecule has 0 aromatic heterocycles. The minimum absolute atomic E-state index is 0.181. The standard InChI is InChI=1S/C10H12O2S/c1-7(13)9(10(11)12)8-5-3-2-4-6-8/h2-7,9,13H,1H3,(H,11,12). The summed E-state index contributed by atoms with van der Waals surface area (Å²) in [5.41, 5.74) is 0.803. The Morgan fingerprint density at radius 1 is 1.38 bits per heavy atom. The number of aliphatic carboxylic acids is 1. The van der Waals surface area contributed by atoms with Crippen LogP contribution in [0.4, 0.5) is 0 Å². The number of rotatable bonds is 3. The van der Waals surface area contributed by atoms with Gasteiger partial charge in [0.2, 0.25) is 0 Å². The highest BCUT2D eigenvalue weighted by molar-refractivity contribution is 7.81. The molecule has 2 nitrogen and oxygen atoms in total. The first-order valence-electron chi connectivity index (χ1n) is 4.08. The maximum Gasteiger partial charge on any atom is 0.312 e. The topological polar surface area (TPSA) is 37.3 Å². The van der Waals surface area contributed by atoms with Gasteiger partial charge in [0.25, 0.3) is 0 Å². The first-order valence-corrected chi connectivity index (χ1v) is 4.60. The Morgan fingerprint density at radius 3 is 2.31 bits per heavy atom. The van der Waals surface area contributed by atoms with E-state index in [-0.39, 0.29) is 5.25 Å². The molecule has 0 saturated heterocycles. The summed E-state index contributed by atoms with van der Waals surface area (Å²) in [5.74, 6) is -1.35. The second-order valence-corrected chi connectivity index (χ2v) is 3.78. The van der Waals surface area contributed by atoms with Crippen molar-refractivity contribution in [3.05, 3.63) is 35.9 Å². The maximum atomic E-state index is 10.9. The fourth-order valence-electron chi connectivity index (χ4n) is 1.29. The van der Waals surface area contributed by atoms with Crippen LogP contribution in [0.1, 0.15) is 18.4 Å². The van der Waals surface area contributed by atoms with Crippen molar-refractivity contribution in [3.63, 3.8) is 0 Å². The van der Waals surface area contributed by atoms with Gasteiger partial charge in [-0.25, -0.2) is 0 Å². The second-order valence-electron chi connectivity index (χ2n) is 2.97. The molecule has 0 fully saturated rings. The molecule has 0 heterocycles. The summed E-state index contributed by atoms with van der Waals surface area (Å²) in [6.07, 6.45) is 0. The molecule has 1 aromatic rings. The third kappa shape index (κ3) is 2.49. The second kappa shape index (κ2) is 4.33. The third-order valence-corrected chi connectivity index (χ3v) is 2.21. The summed E-state index contributed by atoms with van der Waals surface area (Å²) in [7, 11) is 0. The van der Waals surface area contributed by atoms with Crippen molar-refractivity contribution < 1.29 is 9.90 Å². The molecule has 0 aliphatic carbocycles. The predicted molar refractivity (Wildman–Crippen MR) is 55.3 cm³/mol. The van der Waals surface area contributed by atoms with E-state index in [1.54, 1.807) is 6.92 Å². The highest BCUT2D eigenvalue weighted by Crippen LogP contribution is 2.23. The number of carboxylic acids is 1. The lowest BCUT2D eigenvalue weighted by atomic mass is 9.96. The summed E-state index contributed by atoms with van der Waals surface area (Å²) in [6, 6.07) is 9.16. The molecule has 70 valence electrons. The average molecular weight is 196 g/mol. The van der Waals surface area contributed by atoms with Gasteiger partial charge in [-0.2, -0.15) is 12.6 Å². The Morgan fingerprint density at radius 2 is 1.92 bits per heavy atom. The monoisotopic (exact) mass is 196 g/mol. The van der Waals surface area contributed by atoms with E-state index in [0.29, 0.717) is 0 Å². The van der Waals surface area contributed by atoms with Crippen molar-refractivity contribution in [2.24, 2.45) is 0 Å². The number of carbonyl (C=O) groups is 1. The Hall–Kier alpha value is -0.960. The van der Waals surface area contributed by atoms with Crippen molar-refractivity contribution in [2.75, 3.05) is 0 Å². The van der Waals surface area contributed by atoms with E-state index >= 15 is 0 Å². The van der Waals surface area contributed by atoms with E-state index in [4.69, 9.17) is 5.11 Å². The van der Waals surface area contributed by atoms with Crippen molar-refractivity contribution in [3.8, 4) is 0 Å². The Bertz CT molecular complexity index is 282. The smallest absolute Gasteiger partial charge is 0.312 e. The van der Waals surface area contributed by atoms with Gasteiger partial charge in [-0.05, 0) is 5.56 Å². The van der Waals surface area contributed by atoms with Gasteiger partial charge in [0.1, 0.15) is 0 Å². The Kier molecular flexibility index (Phi) is 3.37. The Labute approximate surface area is 83.0 Å². The molecule has 0 amide bonds. The maximum absolute atomic E-state index is 10.9. The van der Waals surface area contributed by atoms with Crippen molar-refractivity contribution in [1.82, 2.24) is 0 Å². The third-order valence-electron chi connectivity index (χ3n) is 1.91. The van der Waals surface area contributed by atoms with Gasteiger partial charge in [0.05, 0.1) is 5.92 Å². The van der Waals surface area contributed by atoms with Crippen LogP contribution in [-0.4, -0.2) is 16.3 Å². The summed E-state index contributed by atoms with van der Waals surface area (Å²) < 4.78 is 0. The fraction of sp³-hybridized carbons (Fsp3) is 0.300. The van der Waals surface area contributed by atoms with Gasteiger partial charge in [0.15, 0.2) is 0 Å². The number of hydrogen-bond acceptors (Lipinski definition) is 2. The van der Waals surface area contributed by atoms with Crippen LogP contribution in [0.5, 0.6) is 0 Å². The van der Waals surface area contributed by atoms with Crippen LogP contribution in [0.3, 0.4) is 0 Å². The lowest BCUT2D eigenvalue weighted by Crippen LogP contribution is -2.19. The van der Waals surface area contributed by atoms with E-state index in [9.17, 15) is 4.79 Å². The molecule has 1 aromatic carbocycles. The van der Waals surface area contributed by atoms with Crippen molar-refractivity contribution in [2.45, 2.75) is 18.1 Å². The van der Waals surface area contributed by atoms with E-state index in [2.05, 4.69) is 12.6 Å². The van der Waals surface area contributed by atoms with E-state index in [1.165, 1.54) is 0 Å². The molecule has 0 bridgehead atoms. The molecule has 2 atom stereocenters. The number of benzene rings is 1. The molecule has 0 saturated carbocycles. The van der Waals surface area contributed by atoms with Crippen LogP contribution >= 0.6 is 12.6 Å². The van der Waals surface area contributed by atoms with Gasteiger partial charge >= 0.3 is 5.97 Å². The predicted octanol–water partition coefficient (Wildman–Crippen LogP) is 2.17. The van der Waals surface area contributed by atoms with Gasteiger partial charge in [0, 0.05) is 5.25 Å². The fourth-order valence-corrected chi connectivity index (χ4v) is 1.59. The molecular formula is C10H12O2S. The quantitative estimate of drug-likeness (QED) is 0.727. The van der Waals surface area contributed by atoms with Crippen molar-refractivity contribution >= 4 is 18.6 Å². The van der Waals surface area contributed by atoms with Crippen molar-refractivity contribution in [1.29, 1.82) is 0 Å². The van der Waals surface area contributed by atoms with Crippen LogP contribution in [0.2, 0.25) is 0 Å². The summed E-state index contributed by atoms with van der Waals surface area (Å²) in [4.78, 5) is 10.9. The SMILES string of the molecule is CC(S)C(C(=O)O)c1ccccc1. The van der Waals surface area contributed by atoms with Gasteiger partial charge in [-0.15, -0.1) is 0 Å². The number of hydrogen-bond donors (Lipinski definition) is 2. The minimum atomic E-state index is -0.825. The van der Waals surface area contributed by atoms with Crippen LogP contribution in [0.25, 0.3) is 0 Å². The molecular weight excluding hydrogens is 184 g/mol. The summed E-state index contributed by atoms with van der Waals surface area (Å²) in [6.45, 7) is 1.79. The molecule has 0 aliphatic heterocycles. The van der Waals surface area contributed by atoms with Crippen LogP contribution in [0, 0.1) is 0 Å². The minimum Gasteiger partial charge on any atom is -0.481 e. The van der Waals surface area contributed by atoms with E-state index in [1.807, 2.05) is 30.3 Å². The zero-order chi connectivity index (χ0) is 9.84. The first kappa shape index (κ1) is 10.1. The molecule has 13 heavy (non-hydrogen) atoms. The van der Waals surface area contributed by atoms with E-state index in [0.717, 1.165) is 5.56 Å². The molecule has 0 aliphatic rings. The van der Waals surface area contributed by atoms with Crippen LogP contribution in [0.15, 0.2) is 30.3 Å². The lowest BCUT2D eigenvalue weighted by Gasteiger charge is -2.15. The van der Waals surface area contributed by atoms with Crippen LogP contribution < -0.4 is 0 Å². The number of carboxylic acid groups (broad SMARTS) is 1. The number of thiol groups is 1. The largest absolute Gasteiger partial charge is 0.481 e. The summed E-state index contributed by atoms with van der Waals surface area (Å²) in [5, 5.41) is 8.77. The summed E-state index contributed by atoms with van der Waals surface area (Å²) >= 11 is 4.16. The molecule has 0 spiro atoms. The molecule has 1 N–H and O–H groups in total. The molecule has 3 heteroatoms. The lowest BCUT2D eigenvalue weighted by molar-refractivity contribution is -0.138. The Balaban J connectivity index is 2.96. The highest BCUT2D eigenvalue weighted by Gasteiger charge is 2.23. The molecule has 2 unspecified atom stereocenters. The van der Waals surface area contributed by atoms with Crippen LogP contribution in [-0.2, 0) is 4.79 Å². The first-order chi connectivity index (χ1) is 6.13. The zero-order valence-electron chi connectivity index (χ0n) is 7.34. The van der Waals surface area contributed by atoms with Gasteiger partial charge < -0.3 is 5.11 Å². The molecule has 1 rings (SSSR count). The highest BCUT2D eigenvalue weighted by atomic mass is 32.1. The van der Waals surface area contributed by atoms with Gasteiger partial charge in [-0.1, -0.05) is 37.3 Å². The van der Waals surface area contributed by atoms with E-state index < -0.39 is 11.9 Å². The zero-order valence-corrected chi connectivity index (χ0v) is 8.24. The normalized spacial score (nSPS) is 14.9.